The van der Waals surface area contributed by atoms with E-state index < -0.39 is 33.3 Å². The number of carbonyl (C=O) groups is 2. The lowest BCUT2D eigenvalue weighted by atomic mass is 9.98. The minimum Gasteiger partial charge on any atom is -0.454 e. The lowest BCUT2D eigenvalue weighted by Crippen LogP contribution is -2.41. The molecule has 0 saturated carbocycles. The van der Waals surface area contributed by atoms with E-state index in [0.717, 1.165) is 39.2 Å². The van der Waals surface area contributed by atoms with Gasteiger partial charge in [-0.15, -0.1) is 0 Å². The van der Waals surface area contributed by atoms with Crippen molar-refractivity contribution in [2.45, 2.75) is 25.7 Å². The smallest absolute Gasteiger partial charge is 0.338 e. The molecule has 166 valence electrons. The van der Waals surface area contributed by atoms with Crippen LogP contribution in [0, 0.1) is 26.6 Å². The zero-order valence-electron chi connectivity index (χ0n) is 17.6. The Morgan fingerprint density at radius 2 is 1.68 bits per heavy atom. The van der Waals surface area contributed by atoms with Crippen LogP contribution in [0.2, 0.25) is 0 Å². The second-order valence-electron chi connectivity index (χ2n) is 7.41. The van der Waals surface area contributed by atoms with Crippen molar-refractivity contribution in [3.63, 3.8) is 0 Å². The van der Waals surface area contributed by atoms with Gasteiger partial charge in [-0.25, -0.2) is 17.6 Å². The first-order chi connectivity index (χ1) is 14.6. The molecule has 0 amide bonds. The van der Waals surface area contributed by atoms with E-state index in [4.69, 9.17) is 9.47 Å². The summed E-state index contributed by atoms with van der Waals surface area (Å²) in [4.78, 5) is 24.3. The predicted octanol–water partition coefficient (Wildman–Crippen LogP) is 2.81. The number of ketones is 1. The van der Waals surface area contributed by atoms with Gasteiger partial charge in [0, 0.05) is 18.7 Å². The summed E-state index contributed by atoms with van der Waals surface area (Å²) >= 11 is 0. The van der Waals surface area contributed by atoms with Crippen LogP contribution in [0.15, 0.2) is 35.2 Å². The fourth-order valence-corrected chi connectivity index (χ4v) is 4.81. The quantitative estimate of drug-likeness (QED) is 0.498. The molecule has 0 aromatic heterocycles. The van der Waals surface area contributed by atoms with Crippen molar-refractivity contribution in [2.24, 2.45) is 0 Å². The third kappa shape index (κ3) is 5.00. The Labute approximate surface area is 180 Å². The van der Waals surface area contributed by atoms with E-state index in [1.165, 1.54) is 0 Å². The summed E-state index contributed by atoms with van der Waals surface area (Å²) in [7, 11) is -4.13. The third-order valence-electron chi connectivity index (χ3n) is 5.23. The van der Waals surface area contributed by atoms with Crippen LogP contribution in [0.5, 0.6) is 0 Å². The first-order valence-corrected chi connectivity index (χ1v) is 11.2. The van der Waals surface area contributed by atoms with E-state index in [1.54, 1.807) is 13.0 Å². The number of morpholine rings is 1. The molecule has 1 aliphatic rings. The molecule has 0 bridgehead atoms. The summed E-state index contributed by atoms with van der Waals surface area (Å²) in [5, 5.41) is 0. The van der Waals surface area contributed by atoms with Gasteiger partial charge in [0.15, 0.2) is 6.61 Å². The van der Waals surface area contributed by atoms with Crippen LogP contribution in [0.3, 0.4) is 0 Å². The van der Waals surface area contributed by atoms with Gasteiger partial charge in [-0.05, 0) is 61.7 Å². The maximum atomic E-state index is 14.3. The van der Waals surface area contributed by atoms with E-state index in [-0.39, 0.29) is 37.6 Å². The minimum absolute atomic E-state index is 0.0975. The summed E-state index contributed by atoms with van der Waals surface area (Å²) < 4.78 is 51.1. The molecule has 1 heterocycles. The summed E-state index contributed by atoms with van der Waals surface area (Å²) in [5.74, 6) is -2.25. The number of ether oxygens (including phenoxy) is 2. The maximum absolute atomic E-state index is 14.3. The van der Waals surface area contributed by atoms with Gasteiger partial charge < -0.3 is 9.47 Å². The number of benzene rings is 2. The molecule has 0 atom stereocenters. The second kappa shape index (κ2) is 9.25. The number of esters is 1. The standard InChI is InChI=1S/C22H24FNO6S/c1-14-10-16(3)18(11-15(14)2)20(25)13-30-22(26)17-4-5-19(23)21(12-17)31(27,28)24-6-8-29-9-7-24/h4-5,10-12H,6-9,13H2,1-3H3. The van der Waals surface area contributed by atoms with E-state index in [9.17, 15) is 22.4 Å². The van der Waals surface area contributed by atoms with Crippen LogP contribution in [0.1, 0.15) is 37.4 Å². The number of rotatable bonds is 6. The number of nitrogens with zero attached hydrogens (tertiary/aromatic N) is 1. The maximum Gasteiger partial charge on any atom is 0.338 e. The number of sulfonamides is 1. The number of hydrogen-bond donors (Lipinski definition) is 0. The summed E-state index contributed by atoms with van der Waals surface area (Å²) in [6, 6.07) is 6.59. The van der Waals surface area contributed by atoms with Gasteiger partial charge in [-0.1, -0.05) is 6.07 Å². The van der Waals surface area contributed by atoms with Crippen molar-refractivity contribution in [1.82, 2.24) is 4.31 Å². The third-order valence-corrected chi connectivity index (χ3v) is 7.14. The molecule has 0 spiro atoms. The van der Waals surface area contributed by atoms with Crippen molar-refractivity contribution < 1.29 is 31.9 Å². The molecular weight excluding hydrogens is 425 g/mol. The van der Waals surface area contributed by atoms with Crippen LogP contribution in [0.25, 0.3) is 0 Å². The SMILES string of the molecule is Cc1cc(C)c(C(=O)COC(=O)c2ccc(F)c(S(=O)(=O)N3CCOCC3)c2)cc1C. The van der Waals surface area contributed by atoms with Gasteiger partial charge >= 0.3 is 5.97 Å². The Bertz CT molecular complexity index is 1120. The first kappa shape index (κ1) is 23.1. The molecule has 0 radical (unpaired) electrons. The first-order valence-electron chi connectivity index (χ1n) is 9.77. The Hall–Kier alpha value is -2.62. The molecule has 2 aromatic carbocycles. The van der Waals surface area contributed by atoms with Crippen molar-refractivity contribution in [3.8, 4) is 0 Å². The molecule has 1 fully saturated rings. The van der Waals surface area contributed by atoms with Gasteiger partial charge in [0.25, 0.3) is 0 Å². The molecule has 3 rings (SSSR count). The molecule has 1 aliphatic heterocycles. The monoisotopic (exact) mass is 449 g/mol. The van der Waals surface area contributed by atoms with Gasteiger partial charge in [0.05, 0.1) is 18.8 Å². The largest absolute Gasteiger partial charge is 0.454 e. The summed E-state index contributed by atoms with van der Waals surface area (Å²) in [5.41, 5.74) is 3.05. The molecule has 0 unspecified atom stereocenters. The number of Topliss-reactive ketones (excluding diaryl/α,β-unsaturated/α-hetero) is 1. The molecule has 1 saturated heterocycles. The van der Waals surface area contributed by atoms with Crippen LogP contribution in [-0.2, 0) is 19.5 Å². The predicted molar refractivity (Wildman–Crippen MR) is 111 cm³/mol. The molecule has 9 heteroatoms. The molecule has 7 nitrogen and oxygen atoms in total. The lowest BCUT2D eigenvalue weighted by molar-refractivity contribution is 0.0474. The molecule has 0 N–H and O–H groups in total. The number of hydrogen-bond acceptors (Lipinski definition) is 6. The highest BCUT2D eigenvalue weighted by molar-refractivity contribution is 7.89. The van der Waals surface area contributed by atoms with Gasteiger partial charge in [-0.2, -0.15) is 4.31 Å². The van der Waals surface area contributed by atoms with E-state index >= 15 is 0 Å². The molecule has 2 aromatic rings. The van der Waals surface area contributed by atoms with Crippen LogP contribution in [-0.4, -0.2) is 57.4 Å². The summed E-state index contributed by atoms with van der Waals surface area (Å²) in [6.07, 6.45) is 0. The molecule has 31 heavy (non-hydrogen) atoms. The molecule has 0 aliphatic carbocycles. The van der Waals surface area contributed by atoms with E-state index in [0.29, 0.717) is 5.56 Å². The summed E-state index contributed by atoms with van der Waals surface area (Å²) in [6.45, 7) is 5.72. The Balaban J connectivity index is 1.76. The van der Waals surface area contributed by atoms with Crippen molar-refractivity contribution in [1.29, 1.82) is 0 Å². The average molecular weight is 450 g/mol. The fourth-order valence-electron chi connectivity index (χ4n) is 3.31. The van der Waals surface area contributed by atoms with E-state index in [1.807, 2.05) is 19.9 Å². The Morgan fingerprint density at radius 1 is 1.03 bits per heavy atom. The van der Waals surface area contributed by atoms with Crippen molar-refractivity contribution >= 4 is 21.8 Å². The number of halogens is 1. The highest BCUT2D eigenvalue weighted by Crippen LogP contribution is 2.22. The topological polar surface area (TPSA) is 90.0 Å². The van der Waals surface area contributed by atoms with E-state index in [2.05, 4.69) is 0 Å². The van der Waals surface area contributed by atoms with Crippen molar-refractivity contribution in [3.05, 3.63) is 64.0 Å². The highest BCUT2D eigenvalue weighted by Gasteiger charge is 2.30. The Kier molecular flexibility index (Phi) is 6.88. The zero-order valence-corrected chi connectivity index (χ0v) is 18.4. The van der Waals surface area contributed by atoms with Gasteiger partial charge in [-0.3, -0.25) is 4.79 Å². The second-order valence-corrected chi connectivity index (χ2v) is 9.32. The number of aryl methyl sites for hydroxylation is 3. The zero-order chi connectivity index (χ0) is 22.8. The molecular formula is C22H24FNO6S. The number of carbonyl (C=O) groups excluding carboxylic acids is 2. The lowest BCUT2D eigenvalue weighted by Gasteiger charge is -2.26. The van der Waals surface area contributed by atoms with Crippen LogP contribution >= 0.6 is 0 Å². The van der Waals surface area contributed by atoms with Crippen molar-refractivity contribution in [2.75, 3.05) is 32.9 Å². The average Bonchev–Trinajstić information content (AvgIpc) is 2.75. The minimum atomic E-state index is -4.13. The van der Waals surface area contributed by atoms with Gasteiger partial charge in [0.2, 0.25) is 15.8 Å². The van der Waals surface area contributed by atoms with Gasteiger partial charge in [0.1, 0.15) is 10.7 Å². The van der Waals surface area contributed by atoms with Crippen LogP contribution < -0.4 is 0 Å². The highest BCUT2D eigenvalue weighted by atomic mass is 32.2. The fraction of sp³-hybridized carbons (Fsp3) is 0.364. The van der Waals surface area contributed by atoms with Crippen LogP contribution in [0.4, 0.5) is 4.39 Å². The Morgan fingerprint density at radius 3 is 2.35 bits per heavy atom. The normalized spacial score (nSPS) is 15.0.